The average Bonchev–Trinajstić information content (AvgIpc) is 2.58. The fourth-order valence-corrected chi connectivity index (χ4v) is 3.13. The minimum absolute atomic E-state index is 0.0375. The zero-order valence-electron chi connectivity index (χ0n) is 16.3. The fraction of sp³-hybridized carbons (Fsp3) is 0.500. The summed E-state index contributed by atoms with van der Waals surface area (Å²) >= 11 is 0. The van der Waals surface area contributed by atoms with Gasteiger partial charge in [-0.15, -0.1) is 0 Å². The van der Waals surface area contributed by atoms with Crippen LogP contribution in [0.25, 0.3) is 11.3 Å². The third-order valence-corrected chi connectivity index (χ3v) is 3.88. The minimum atomic E-state index is -2.89. The summed E-state index contributed by atoms with van der Waals surface area (Å²) in [7, 11) is 0. The molecular weight excluding hydrogens is 374 g/mol. The molecular formula is C20H25F4N3O. The molecule has 0 aliphatic carbocycles. The molecule has 2 rings (SSSR count). The van der Waals surface area contributed by atoms with Gasteiger partial charge in [0, 0.05) is 17.3 Å². The molecule has 0 radical (unpaired) electrons. The van der Waals surface area contributed by atoms with Crippen LogP contribution in [-0.2, 0) is 0 Å². The van der Waals surface area contributed by atoms with Gasteiger partial charge in [-0.25, -0.2) is 22.5 Å². The average molecular weight is 399 g/mol. The van der Waals surface area contributed by atoms with E-state index in [9.17, 15) is 17.6 Å². The first kappa shape index (κ1) is 22.1. The Morgan fingerprint density at radius 1 is 1.04 bits per heavy atom. The van der Waals surface area contributed by atoms with Crippen LogP contribution in [0, 0.1) is 5.41 Å². The highest BCUT2D eigenvalue weighted by atomic mass is 19.3. The Kier molecular flexibility index (Phi) is 6.64. The van der Waals surface area contributed by atoms with E-state index in [0.29, 0.717) is 6.42 Å². The largest absolute Gasteiger partial charge is 0.490 e. The van der Waals surface area contributed by atoms with Gasteiger partial charge in [-0.2, -0.15) is 0 Å². The SMILES string of the molecule is CC(C)(C)C[C@](C)(N)COc1ccc(-c2ccnc(C(F)F)c2)nc1C(F)F. The van der Waals surface area contributed by atoms with Crippen LogP contribution in [0.15, 0.2) is 30.5 Å². The highest BCUT2D eigenvalue weighted by molar-refractivity contribution is 5.60. The molecule has 0 saturated heterocycles. The molecule has 2 heterocycles. The van der Waals surface area contributed by atoms with E-state index in [-0.39, 0.29) is 29.0 Å². The Balaban J connectivity index is 2.27. The van der Waals surface area contributed by atoms with Crippen molar-refractivity contribution in [2.75, 3.05) is 6.61 Å². The van der Waals surface area contributed by atoms with Crippen molar-refractivity contribution in [3.63, 3.8) is 0 Å². The summed E-state index contributed by atoms with van der Waals surface area (Å²) in [5.41, 5.74) is 4.87. The molecule has 154 valence electrons. The second-order valence-corrected chi connectivity index (χ2v) is 8.33. The third kappa shape index (κ3) is 6.15. The smallest absolute Gasteiger partial charge is 0.284 e. The lowest BCUT2D eigenvalue weighted by Crippen LogP contribution is -2.45. The number of alkyl halides is 4. The molecule has 0 aromatic carbocycles. The quantitative estimate of drug-likeness (QED) is 0.620. The maximum Gasteiger partial charge on any atom is 0.284 e. The van der Waals surface area contributed by atoms with Gasteiger partial charge >= 0.3 is 0 Å². The summed E-state index contributed by atoms with van der Waals surface area (Å²) in [6, 6.07) is 5.37. The maximum absolute atomic E-state index is 13.5. The van der Waals surface area contributed by atoms with Crippen LogP contribution in [0.5, 0.6) is 5.75 Å². The number of hydrogen-bond donors (Lipinski definition) is 1. The molecule has 2 aromatic heterocycles. The summed E-state index contributed by atoms with van der Waals surface area (Å²) in [6.45, 7) is 7.92. The Morgan fingerprint density at radius 2 is 1.71 bits per heavy atom. The Hall–Kier alpha value is -2.22. The molecule has 2 N–H and O–H groups in total. The molecule has 2 aromatic rings. The monoisotopic (exact) mass is 399 g/mol. The second kappa shape index (κ2) is 8.43. The Morgan fingerprint density at radius 3 is 2.29 bits per heavy atom. The highest BCUT2D eigenvalue weighted by Gasteiger charge is 2.28. The number of aromatic nitrogens is 2. The van der Waals surface area contributed by atoms with Crippen LogP contribution in [0.1, 0.15) is 58.4 Å². The van der Waals surface area contributed by atoms with Gasteiger partial charge < -0.3 is 10.5 Å². The number of ether oxygens (including phenoxy) is 1. The molecule has 1 atom stereocenters. The minimum Gasteiger partial charge on any atom is -0.490 e. The van der Waals surface area contributed by atoms with Gasteiger partial charge in [0.2, 0.25) is 0 Å². The van der Waals surface area contributed by atoms with Crippen LogP contribution < -0.4 is 10.5 Å². The van der Waals surface area contributed by atoms with Gasteiger partial charge in [0.1, 0.15) is 23.7 Å². The van der Waals surface area contributed by atoms with E-state index in [0.717, 1.165) is 6.07 Å². The Labute approximate surface area is 162 Å². The lowest BCUT2D eigenvalue weighted by molar-refractivity contribution is 0.131. The number of rotatable bonds is 7. The number of hydrogen-bond acceptors (Lipinski definition) is 4. The summed E-state index contributed by atoms with van der Waals surface area (Å²) in [6.07, 6.45) is -3.83. The number of nitrogens with two attached hydrogens (primary N) is 1. The maximum atomic E-state index is 13.5. The standard InChI is InChI=1S/C20H25F4N3O/c1-19(2,3)10-20(4,25)11-28-15-6-5-13(27-16(15)18(23)24)12-7-8-26-14(9-12)17(21)22/h5-9,17-18H,10-11,25H2,1-4H3/t20-/m0/s1. The Bertz CT molecular complexity index is 804. The van der Waals surface area contributed by atoms with Gasteiger partial charge in [-0.05, 0) is 43.0 Å². The van der Waals surface area contributed by atoms with Crippen molar-refractivity contribution in [3.05, 3.63) is 41.9 Å². The second-order valence-electron chi connectivity index (χ2n) is 8.33. The zero-order chi connectivity index (χ0) is 21.1. The van der Waals surface area contributed by atoms with Gasteiger partial charge in [-0.3, -0.25) is 4.98 Å². The van der Waals surface area contributed by atoms with E-state index < -0.39 is 29.8 Å². The molecule has 4 nitrogen and oxygen atoms in total. The van der Waals surface area contributed by atoms with Gasteiger partial charge in [0.05, 0.1) is 5.69 Å². The van der Waals surface area contributed by atoms with Crippen LogP contribution in [0.3, 0.4) is 0 Å². The van der Waals surface area contributed by atoms with Crippen molar-refractivity contribution >= 4 is 0 Å². The van der Waals surface area contributed by atoms with E-state index in [1.54, 1.807) is 6.92 Å². The van der Waals surface area contributed by atoms with Crippen molar-refractivity contribution in [1.29, 1.82) is 0 Å². The molecule has 0 spiro atoms. The first-order chi connectivity index (χ1) is 12.9. The number of halogens is 4. The van der Waals surface area contributed by atoms with Crippen molar-refractivity contribution in [2.24, 2.45) is 11.1 Å². The predicted octanol–water partition coefficient (Wildman–Crippen LogP) is 5.55. The molecule has 28 heavy (non-hydrogen) atoms. The van der Waals surface area contributed by atoms with Crippen LogP contribution in [-0.4, -0.2) is 22.1 Å². The van der Waals surface area contributed by atoms with E-state index in [1.807, 2.05) is 20.8 Å². The molecule has 0 saturated carbocycles. The van der Waals surface area contributed by atoms with Crippen LogP contribution >= 0.6 is 0 Å². The summed E-state index contributed by atoms with van der Waals surface area (Å²) in [4.78, 5) is 7.49. The molecule has 0 aliphatic heterocycles. The van der Waals surface area contributed by atoms with Gasteiger partial charge in [-0.1, -0.05) is 20.8 Å². The number of pyridine rings is 2. The molecule has 8 heteroatoms. The predicted molar refractivity (Wildman–Crippen MR) is 99.5 cm³/mol. The summed E-state index contributed by atoms with van der Waals surface area (Å²) in [5, 5.41) is 0. The molecule has 0 bridgehead atoms. The van der Waals surface area contributed by atoms with E-state index in [1.165, 1.54) is 24.4 Å². The van der Waals surface area contributed by atoms with E-state index in [2.05, 4.69) is 9.97 Å². The fourth-order valence-electron chi connectivity index (χ4n) is 3.13. The molecule has 0 unspecified atom stereocenters. The lowest BCUT2D eigenvalue weighted by Gasteiger charge is -2.32. The zero-order valence-corrected chi connectivity index (χ0v) is 16.3. The van der Waals surface area contributed by atoms with Crippen molar-refractivity contribution in [1.82, 2.24) is 9.97 Å². The van der Waals surface area contributed by atoms with Crippen LogP contribution in [0.2, 0.25) is 0 Å². The molecule has 0 fully saturated rings. The highest BCUT2D eigenvalue weighted by Crippen LogP contribution is 2.32. The van der Waals surface area contributed by atoms with Gasteiger partial charge in [0.25, 0.3) is 12.9 Å². The summed E-state index contributed by atoms with van der Waals surface area (Å²) in [5.74, 6) is -0.0764. The van der Waals surface area contributed by atoms with E-state index >= 15 is 0 Å². The summed E-state index contributed by atoms with van der Waals surface area (Å²) < 4.78 is 58.3. The first-order valence-corrected chi connectivity index (χ1v) is 8.83. The van der Waals surface area contributed by atoms with Crippen LogP contribution in [0.4, 0.5) is 17.6 Å². The van der Waals surface area contributed by atoms with Gasteiger partial charge in [0.15, 0.2) is 0 Å². The molecule has 0 amide bonds. The van der Waals surface area contributed by atoms with E-state index in [4.69, 9.17) is 10.5 Å². The number of nitrogens with zero attached hydrogens (tertiary/aromatic N) is 2. The lowest BCUT2D eigenvalue weighted by atomic mass is 9.82. The van der Waals surface area contributed by atoms with Crippen molar-refractivity contribution in [2.45, 2.75) is 52.5 Å². The van der Waals surface area contributed by atoms with Crippen molar-refractivity contribution in [3.8, 4) is 17.0 Å². The third-order valence-electron chi connectivity index (χ3n) is 3.88. The van der Waals surface area contributed by atoms with Crippen molar-refractivity contribution < 1.29 is 22.3 Å². The molecule has 0 aliphatic rings. The first-order valence-electron chi connectivity index (χ1n) is 8.83. The normalized spacial score (nSPS) is 14.4. The topological polar surface area (TPSA) is 61.0 Å².